The summed E-state index contributed by atoms with van der Waals surface area (Å²) in [6, 6.07) is 5.62. The van der Waals surface area contributed by atoms with Gasteiger partial charge in [0.1, 0.15) is 0 Å². The molecule has 1 aromatic rings. The molecule has 2 rings (SSSR count). The van der Waals surface area contributed by atoms with E-state index in [4.69, 9.17) is 5.73 Å². The number of carbonyl (C=O) groups excluding carboxylic acids is 1. The van der Waals surface area contributed by atoms with Crippen LogP contribution in [0, 0.1) is 6.92 Å². The molecule has 92 valence electrons. The summed E-state index contributed by atoms with van der Waals surface area (Å²) < 4.78 is 0. The van der Waals surface area contributed by atoms with E-state index < -0.39 is 6.04 Å². The van der Waals surface area contributed by atoms with Gasteiger partial charge in [0.25, 0.3) is 0 Å². The van der Waals surface area contributed by atoms with Crippen LogP contribution in [0.1, 0.15) is 37.2 Å². The molecule has 0 aromatic carbocycles. The summed E-state index contributed by atoms with van der Waals surface area (Å²) in [5.41, 5.74) is 7.65. The Hall–Kier alpha value is -1.42. The monoisotopic (exact) mass is 233 g/mol. The van der Waals surface area contributed by atoms with Gasteiger partial charge in [-0.2, -0.15) is 0 Å². The highest BCUT2D eigenvalue weighted by atomic mass is 16.2. The average Bonchev–Trinajstić information content (AvgIpc) is 2.76. The number of rotatable bonds is 2. The Morgan fingerprint density at radius 3 is 3.00 bits per heavy atom. The third-order valence-corrected chi connectivity index (χ3v) is 3.18. The van der Waals surface area contributed by atoms with E-state index in [1.807, 2.05) is 30.0 Å². The molecular weight excluding hydrogens is 214 g/mol. The van der Waals surface area contributed by atoms with Crippen LogP contribution in [-0.2, 0) is 4.79 Å². The summed E-state index contributed by atoms with van der Waals surface area (Å²) in [5.74, 6) is 0.0239. The fourth-order valence-corrected chi connectivity index (χ4v) is 2.35. The van der Waals surface area contributed by atoms with Crippen LogP contribution in [0.25, 0.3) is 0 Å². The van der Waals surface area contributed by atoms with Crippen molar-refractivity contribution in [2.24, 2.45) is 5.73 Å². The number of amides is 1. The summed E-state index contributed by atoms with van der Waals surface area (Å²) in [7, 11) is 0. The number of hydrogen-bond donors (Lipinski definition) is 1. The zero-order chi connectivity index (χ0) is 12.4. The molecule has 1 aliphatic heterocycles. The predicted molar refractivity (Wildman–Crippen MR) is 66.3 cm³/mol. The maximum Gasteiger partial charge on any atom is 0.239 e. The highest BCUT2D eigenvalue weighted by molar-refractivity contribution is 5.81. The van der Waals surface area contributed by atoms with Crippen LogP contribution in [0.4, 0.5) is 0 Å². The fraction of sp³-hybridized carbons (Fsp3) is 0.538. The number of aryl methyl sites for hydroxylation is 1. The largest absolute Gasteiger partial charge is 0.333 e. The van der Waals surface area contributed by atoms with Gasteiger partial charge in [0, 0.05) is 12.2 Å². The van der Waals surface area contributed by atoms with E-state index >= 15 is 0 Å². The number of carbonyl (C=O) groups is 1. The van der Waals surface area contributed by atoms with Crippen molar-refractivity contribution < 1.29 is 4.79 Å². The molecule has 1 saturated heterocycles. The Bertz CT molecular complexity index is 417. The summed E-state index contributed by atoms with van der Waals surface area (Å²) >= 11 is 0. The maximum absolute atomic E-state index is 12.0. The molecule has 1 fully saturated rings. The molecule has 1 aromatic heterocycles. The van der Waals surface area contributed by atoms with Crippen LogP contribution in [0.15, 0.2) is 18.2 Å². The molecule has 17 heavy (non-hydrogen) atoms. The number of likely N-dealkylation sites (tertiary alicyclic amines) is 1. The molecule has 2 atom stereocenters. The minimum Gasteiger partial charge on any atom is -0.333 e. The Morgan fingerprint density at radius 2 is 2.35 bits per heavy atom. The van der Waals surface area contributed by atoms with Crippen LogP contribution in [0.3, 0.4) is 0 Å². The molecule has 2 N–H and O–H groups in total. The highest BCUT2D eigenvalue weighted by Crippen LogP contribution is 2.31. The lowest BCUT2D eigenvalue weighted by molar-refractivity contribution is -0.133. The molecule has 0 unspecified atom stereocenters. The lowest BCUT2D eigenvalue weighted by Crippen LogP contribution is -2.41. The van der Waals surface area contributed by atoms with Gasteiger partial charge in [-0.25, -0.2) is 0 Å². The lowest BCUT2D eigenvalue weighted by atomic mass is 10.1. The summed E-state index contributed by atoms with van der Waals surface area (Å²) in [6.45, 7) is 4.50. The van der Waals surface area contributed by atoms with Gasteiger partial charge in [-0.1, -0.05) is 6.07 Å². The number of hydrogen-bond acceptors (Lipinski definition) is 3. The Balaban J connectivity index is 2.23. The van der Waals surface area contributed by atoms with E-state index in [1.54, 1.807) is 6.92 Å². The number of pyridine rings is 1. The van der Waals surface area contributed by atoms with Gasteiger partial charge in [0.05, 0.1) is 17.8 Å². The Morgan fingerprint density at radius 1 is 1.59 bits per heavy atom. The molecule has 1 amide bonds. The predicted octanol–water partition coefficient (Wildman–Crippen LogP) is 1.40. The first-order valence-electron chi connectivity index (χ1n) is 6.09. The van der Waals surface area contributed by atoms with Crippen molar-refractivity contribution in [3.05, 3.63) is 29.6 Å². The molecule has 2 heterocycles. The molecule has 0 bridgehead atoms. The van der Waals surface area contributed by atoms with E-state index in [0.29, 0.717) is 0 Å². The van der Waals surface area contributed by atoms with Gasteiger partial charge in [0.15, 0.2) is 0 Å². The third kappa shape index (κ3) is 2.47. The highest BCUT2D eigenvalue weighted by Gasteiger charge is 2.31. The van der Waals surface area contributed by atoms with Crippen molar-refractivity contribution in [2.75, 3.05) is 6.54 Å². The van der Waals surface area contributed by atoms with Crippen LogP contribution < -0.4 is 5.73 Å². The van der Waals surface area contributed by atoms with E-state index in [0.717, 1.165) is 30.8 Å². The number of aromatic nitrogens is 1. The zero-order valence-electron chi connectivity index (χ0n) is 10.4. The second-order valence-corrected chi connectivity index (χ2v) is 4.68. The second-order valence-electron chi connectivity index (χ2n) is 4.68. The molecule has 0 aliphatic carbocycles. The lowest BCUT2D eigenvalue weighted by Gasteiger charge is -2.26. The first-order valence-corrected chi connectivity index (χ1v) is 6.09. The van der Waals surface area contributed by atoms with Gasteiger partial charge in [-0.15, -0.1) is 0 Å². The van der Waals surface area contributed by atoms with E-state index in [2.05, 4.69) is 4.98 Å². The second kappa shape index (κ2) is 4.84. The first-order chi connectivity index (χ1) is 8.09. The molecular formula is C13H19N3O. The van der Waals surface area contributed by atoms with Crippen molar-refractivity contribution in [1.82, 2.24) is 9.88 Å². The molecule has 0 saturated carbocycles. The molecule has 0 radical (unpaired) electrons. The van der Waals surface area contributed by atoms with Gasteiger partial charge in [-0.05, 0) is 38.8 Å². The third-order valence-electron chi connectivity index (χ3n) is 3.18. The maximum atomic E-state index is 12.0. The van der Waals surface area contributed by atoms with Crippen molar-refractivity contribution in [3.63, 3.8) is 0 Å². The van der Waals surface area contributed by atoms with E-state index in [9.17, 15) is 4.79 Å². The number of nitrogens with two attached hydrogens (primary N) is 1. The van der Waals surface area contributed by atoms with Crippen molar-refractivity contribution >= 4 is 5.91 Å². The standard InChI is InChI=1S/C13H19N3O/c1-9-5-3-6-11(15-9)12-7-4-8-16(12)13(17)10(2)14/h3,5-6,10,12H,4,7-8,14H2,1-2H3/t10-,12+/m1/s1. The Labute approximate surface area is 102 Å². The van der Waals surface area contributed by atoms with E-state index in [-0.39, 0.29) is 11.9 Å². The van der Waals surface area contributed by atoms with Crippen LogP contribution >= 0.6 is 0 Å². The summed E-state index contributed by atoms with van der Waals surface area (Å²) in [4.78, 5) is 18.4. The Kier molecular flexibility index (Phi) is 3.43. The summed E-state index contributed by atoms with van der Waals surface area (Å²) in [6.07, 6.45) is 2.01. The van der Waals surface area contributed by atoms with E-state index in [1.165, 1.54) is 0 Å². The van der Waals surface area contributed by atoms with Crippen LogP contribution in [0.2, 0.25) is 0 Å². The average molecular weight is 233 g/mol. The van der Waals surface area contributed by atoms with Gasteiger partial charge < -0.3 is 10.6 Å². The van der Waals surface area contributed by atoms with Gasteiger partial charge in [-0.3, -0.25) is 9.78 Å². The summed E-state index contributed by atoms with van der Waals surface area (Å²) in [5, 5.41) is 0. The van der Waals surface area contributed by atoms with Gasteiger partial charge in [0.2, 0.25) is 5.91 Å². The smallest absolute Gasteiger partial charge is 0.239 e. The first kappa shape index (κ1) is 12.0. The molecule has 4 heteroatoms. The van der Waals surface area contributed by atoms with Crippen LogP contribution in [-0.4, -0.2) is 28.4 Å². The fourth-order valence-electron chi connectivity index (χ4n) is 2.35. The topological polar surface area (TPSA) is 59.2 Å². The minimum atomic E-state index is -0.430. The van der Waals surface area contributed by atoms with Crippen molar-refractivity contribution in [3.8, 4) is 0 Å². The molecule has 4 nitrogen and oxygen atoms in total. The normalized spacial score (nSPS) is 21.6. The number of nitrogens with zero attached hydrogens (tertiary/aromatic N) is 2. The molecule has 0 spiro atoms. The molecule has 1 aliphatic rings. The zero-order valence-corrected chi connectivity index (χ0v) is 10.4. The van der Waals surface area contributed by atoms with Crippen molar-refractivity contribution in [1.29, 1.82) is 0 Å². The quantitative estimate of drug-likeness (QED) is 0.840. The van der Waals surface area contributed by atoms with Gasteiger partial charge >= 0.3 is 0 Å². The van der Waals surface area contributed by atoms with Crippen molar-refractivity contribution in [2.45, 2.75) is 38.8 Å². The van der Waals surface area contributed by atoms with Crippen LogP contribution in [0.5, 0.6) is 0 Å². The SMILES string of the molecule is Cc1cccc([C@@H]2CCCN2C(=O)[C@@H](C)N)n1. The minimum absolute atomic E-state index is 0.0239.